The zero-order valence-corrected chi connectivity index (χ0v) is 11.5. The Morgan fingerprint density at radius 3 is 2.75 bits per heavy atom. The molecule has 0 aromatic heterocycles. The lowest BCUT2D eigenvalue weighted by Gasteiger charge is -2.16. The Morgan fingerprint density at radius 1 is 1.50 bits per heavy atom. The maximum Gasteiger partial charge on any atom is 0.324 e. The second-order valence-electron chi connectivity index (χ2n) is 4.35. The highest BCUT2D eigenvalue weighted by atomic mass is 32.2. The summed E-state index contributed by atoms with van der Waals surface area (Å²) in [6.45, 7) is 0.293. The predicted molar refractivity (Wildman–Crippen MR) is 67.2 cm³/mol. The van der Waals surface area contributed by atoms with E-state index in [1.54, 1.807) is 0 Å². The normalized spacial score (nSPS) is 20.2. The largest absolute Gasteiger partial charge is 0.380 e. The second kappa shape index (κ2) is 5.43. The minimum atomic E-state index is -4.11. The Kier molecular flexibility index (Phi) is 4.02. The highest BCUT2D eigenvalue weighted by molar-refractivity contribution is 7.89. The zero-order valence-electron chi connectivity index (χ0n) is 10.7. The molecule has 1 aromatic rings. The first-order valence-electron chi connectivity index (χ1n) is 5.83. The monoisotopic (exact) mass is 304 g/mol. The van der Waals surface area contributed by atoms with Gasteiger partial charge in [0.1, 0.15) is 0 Å². The van der Waals surface area contributed by atoms with Crippen molar-refractivity contribution in [3.63, 3.8) is 0 Å². The van der Waals surface area contributed by atoms with Gasteiger partial charge in [-0.15, -0.1) is 0 Å². The van der Waals surface area contributed by atoms with E-state index in [1.165, 1.54) is 7.11 Å². The van der Waals surface area contributed by atoms with Crippen molar-refractivity contribution >= 4 is 15.7 Å². The third-order valence-electron chi connectivity index (χ3n) is 3.19. The Labute approximate surface area is 115 Å². The van der Waals surface area contributed by atoms with Crippen LogP contribution >= 0.6 is 0 Å². The molecule has 1 saturated heterocycles. The van der Waals surface area contributed by atoms with E-state index in [0.29, 0.717) is 6.42 Å². The summed E-state index contributed by atoms with van der Waals surface area (Å²) in [4.78, 5) is 9.24. The number of hydrogen-bond acceptors (Lipinski definition) is 5. The van der Waals surface area contributed by atoms with Gasteiger partial charge in [-0.05, 0) is 18.6 Å². The molecule has 1 unspecified atom stereocenters. The van der Waals surface area contributed by atoms with Crippen molar-refractivity contribution in [3.05, 3.63) is 34.1 Å². The smallest absolute Gasteiger partial charge is 0.324 e. The van der Waals surface area contributed by atoms with Crippen LogP contribution < -0.4 is 0 Å². The number of sulfonamides is 1. The minimum absolute atomic E-state index is 0.104. The van der Waals surface area contributed by atoms with Crippen LogP contribution in [0.5, 0.6) is 0 Å². The van der Waals surface area contributed by atoms with Crippen LogP contribution in [0.1, 0.15) is 6.42 Å². The third kappa shape index (κ3) is 2.51. The van der Waals surface area contributed by atoms with Crippen LogP contribution in [-0.4, -0.2) is 43.9 Å². The first kappa shape index (κ1) is 14.8. The average Bonchev–Trinajstić information content (AvgIpc) is 2.87. The van der Waals surface area contributed by atoms with Gasteiger partial charge in [0.2, 0.25) is 15.8 Å². The number of methoxy groups -OCH3 is 1. The summed E-state index contributed by atoms with van der Waals surface area (Å²) in [5.41, 5.74) is -1.02. The molecule has 0 spiro atoms. The van der Waals surface area contributed by atoms with Gasteiger partial charge in [0.05, 0.1) is 11.0 Å². The van der Waals surface area contributed by atoms with E-state index in [2.05, 4.69) is 0 Å². The molecule has 0 saturated carbocycles. The van der Waals surface area contributed by atoms with E-state index in [-0.39, 0.29) is 19.2 Å². The topological polar surface area (TPSA) is 89.8 Å². The maximum absolute atomic E-state index is 13.5. The first-order valence-corrected chi connectivity index (χ1v) is 7.27. The Balaban J connectivity index is 2.46. The Bertz CT molecular complexity index is 634. The molecular formula is C11H13FN2O5S. The summed E-state index contributed by atoms with van der Waals surface area (Å²) in [6, 6.07) is 3.04. The van der Waals surface area contributed by atoms with Crippen molar-refractivity contribution in [2.24, 2.45) is 0 Å². The zero-order chi connectivity index (χ0) is 14.9. The molecule has 1 aliphatic rings. The van der Waals surface area contributed by atoms with Gasteiger partial charge < -0.3 is 4.74 Å². The number of nitro benzene ring substituents is 1. The summed E-state index contributed by atoms with van der Waals surface area (Å²) in [5.74, 6) is -1.17. The van der Waals surface area contributed by atoms with Gasteiger partial charge in [-0.25, -0.2) is 8.42 Å². The van der Waals surface area contributed by atoms with Crippen LogP contribution in [0.3, 0.4) is 0 Å². The third-order valence-corrected chi connectivity index (χ3v) is 5.09. The molecule has 0 N–H and O–H groups in total. The summed E-state index contributed by atoms with van der Waals surface area (Å²) < 4.78 is 44.4. The molecule has 110 valence electrons. The van der Waals surface area contributed by atoms with E-state index in [1.807, 2.05) is 0 Å². The van der Waals surface area contributed by atoms with Crippen molar-refractivity contribution < 1.29 is 22.5 Å². The lowest BCUT2D eigenvalue weighted by Crippen LogP contribution is -2.30. The van der Waals surface area contributed by atoms with Crippen LogP contribution in [-0.2, 0) is 14.8 Å². The number of para-hydroxylation sites is 1. The van der Waals surface area contributed by atoms with Gasteiger partial charge in [0.15, 0.2) is 4.90 Å². The van der Waals surface area contributed by atoms with Crippen molar-refractivity contribution in [1.29, 1.82) is 0 Å². The van der Waals surface area contributed by atoms with Crippen LogP contribution in [0, 0.1) is 15.9 Å². The fourth-order valence-electron chi connectivity index (χ4n) is 2.13. The van der Waals surface area contributed by atoms with Crippen LogP contribution in [0.15, 0.2) is 23.1 Å². The number of nitro groups is 1. The maximum atomic E-state index is 13.5. The quantitative estimate of drug-likeness (QED) is 0.614. The van der Waals surface area contributed by atoms with Gasteiger partial charge in [-0.2, -0.15) is 8.70 Å². The van der Waals surface area contributed by atoms with E-state index >= 15 is 0 Å². The fraction of sp³-hybridized carbons (Fsp3) is 0.455. The first-order chi connectivity index (χ1) is 9.37. The molecule has 0 bridgehead atoms. The van der Waals surface area contributed by atoms with Crippen molar-refractivity contribution in [3.8, 4) is 0 Å². The van der Waals surface area contributed by atoms with Crippen molar-refractivity contribution in [2.75, 3.05) is 20.2 Å². The number of benzene rings is 1. The second-order valence-corrected chi connectivity index (χ2v) is 6.26. The Morgan fingerprint density at radius 2 is 2.20 bits per heavy atom. The highest BCUT2D eigenvalue weighted by Crippen LogP contribution is 2.31. The molecule has 20 heavy (non-hydrogen) atoms. The van der Waals surface area contributed by atoms with Gasteiger partial charge in [-0.3, -0.25) is 10.1 Å². The molecular weight excluding hydrogens is 291 g/mol. The molecule has 1 aliphatic heterocycles. The van der Waals surface area contributed by atoms with Gasteiger partial charge in [0, 0.05) is 20.2 Å². The number of rotatable bonds is 4. The SMILES string of the molecule is COC1CCN(S(=O)(=O)c2cccc(F)c2[N+](=O)[O-])C1. The van der Waals surface area contributed by atoms with E-state index < -0.39 is 31.3 Å². The summed E-state index contributed by atoms with van der Waals surface area (Å²) in [5, 5.41) is 10.9. The molecule has 1 aromatic carbocycles. The molecule has 1 fully saturated rings. The van der Waals surface area contributed by atoms with Crippen LogP contribution in [0.4, 0.5) is 10.1 Å². The van der Waals surface area contributed by atoms with Crippen LogP contribution in [0.2, 0.25) is 0 Å². The molecule has 0 aliphatic carbocycles. The molecule has 7 nitrogen and oxygen atoms in total. The highest BCUT2D eigenvalue weighted by Gasteiger charge is 2.37. The number of hydrogen-bond donors (Lipinski definition) is 0. The molecule has 0 radical (unpaired) electrons. The Hall–Kier alpha value is -1.58. The lowest BCUT2D eigenvalue weighted by atomic mass is 10.3. The van der Waals surface area contributed by atoms with Gasteiger partial charge in [0.25, 0.3) is 0 Å². The standard InChI is InChI=1S/C11H13FN2O5S/c1-19-8-5-6-13(7-8)20(17,18)10-4-2-3-9(12)11(10)14(15)16/h2-4,8H,5-7H2,1H3. The summed E-state index contributed by atoms with van der Waals surface area (Å²) in [7, 11) is -2.64. The molecule has 9 heteroatoms. The fourth-order valence-corrected chi connectivity index (χ4v) is 3.78. The summed E-state index contributed by atoms with van der Waals surface area (Å²) >= 11 is 0. The molecule has 1 heterocycles. The van der Waals surface area contributed by atoms with Crippen molar-refractivity contribution in [1.82, 2.24) is 4.31 Å². The molecule has 2 rings (SSSR count). The van der Waals surface area contributed by atoms with Gasteiger partial charge >= 0.3 is 5.69 Å². The minimum Gasteiger partial charge on any atom is -0.380 e. The average molecular weight is 304 g/mol. The van der Waals surface area contributed by atoms with Gasteiger partial charge in [-0.1, -0.05) is 6.07 Å². The summed E-state index contributed by atoms with van der Waals surface area (Å²) in [6.07, 6.45) is 0.246. The molecule has 0 amide bonds. The van der Waals surface area contributed by atoms with Crippen molar-refractivity contribution in [2.45, 2.75) is 17.4 Å². The van der Waals surface area contributed by atoms with E-state index in [9.17, 15) is 22.9 Å². The van der Waals surface area contributed by atoms with E-state index in [0.717, 1.165) is 22.5 Å². The molecule has 1 atom stereocenters. The number of nitrogens with zero attached hydrogens (tertiary/aromatic N) is 2. The lowest BCUT2D eigenvalue weighted by molar-refractivity contribution is -0.390. The predicted octanol–water partition coefficient (Wildman–Crippen LogP) is 1.14. The van der Waals surface area contributed by atoms with E-state index in [4.69, 9.17) is 4.74 Å². The number of halogens is 1. The number of ether oxygens (including phenoxy) is 1. The van der Waals surface area contributed by atoms with Crippen LogP contribution in [0.25, 0.3) is 0 Å².